The minimum Gasteiger partial charge on any atom is -0.371 e. The van der Waals surface area contributed by atoms with E-state index in [2.05, 4.69) is 38.7 Å². The molecule has 6 nitrogen and oxygen atoms in total. The summed E-state index contributed by atoms with van der Waals surface area (Å²) in [5, 5.41) is 6.63. The van der Waals surface area contributed by atoms with Crippen LogP contribution < -0.4 is 15.5 Å². The highest BCUT2D eigenvalue weighted by molar-refractivity contribution is 6.31. The summed E-state index contributed by atoms with van der Waals surface area (Å²) >= 11 is 6.25. The van der Waals surface area contributed by atoms with E-state index in [4.69, 9.17) is 11.6 Å². The zero-order valence-electron chi connectivity index (χ0n) is 17.1. The van der Waals surface area contributed by atoms with Gasteiger partial charge in [-0.25, -0.2) is 4.98 Å². The number of piperidine rings is 1. The number of hydrogen-bond donors (Lipinski definition) is 2. The lowest BCUT2D eigenvalue weighted by molar-refractivity contribution is 0.102. The van der Waals surface area contributed by atoms with Crippen LogP contribution in [-0.2, 0) is 0 Å². The van der Waals surface area contributed by atoms with Gasteiger partial charge in [-0.05, 0) is 49.8 Å². The number of amides is 1. The standard InChI is InChI=1S/C23H28ClN5O/c1-3-5-11-26-21-15-25-16-22(27-21)28-23(30)19-8-7-18(24)14-20(19)29-12-9-17(6-4-2)10-13-29/h3-4,7-8,14-17H,1-2,5-6,9-13H2,(H2,26,27,28,30). The third kappa shape index (κ3) is 5.83. The number of hydrogen-bond acceptors (Lipinski definition) is 5. The molecule has 1 aromatic carbocycles. The summed E-state index contributed by atoms with van der Waals surface area (Å²) in [7, 11) is 0. The maximum absolute atomic E-state index is 13.0. The largest absolute Gasteiger partial charge is 0.371 e. The second-order valence-electron chi connectivity index (χ2n) is 7.36. The third-order valence-electron chi connectivity index (χ3n) is 5.19. The molecule has 1 aliphatic rings. The van der Waals surface area contributed by atoms with Gasteiger partial charge in [0.05, 0.1) is 23.6 Å². The van der Waals surface area contributed by atoms with Crippen LogP contribution in [0.4, 0.5) is 17.3 Å². The number of anilines is 3. The Balaban J connectivity index is 1.73. The molecule has 2 aromatic rings. The first-order chi connectivity index (χ1) is 14.6. The zero-order chi connectivity index (χ0) is 21.3. The highest BCUT2D eigenvalue weighted by atomic mass is 35.5. The minimum atomic E-state index is -0.229. The van der Waals surface area contributed by atoms with Gasteiger partial charge in [-0.2, -0.15) is 0 Å². The van der Waals surface area contributed by atoms with Crippen molar-refractivity contribution in [1.29, 1.82) is 0 Å². The monoisotopic (exact) mass is 425 g/mol. The summed E-state index contributed by atoms with van der Waals surface area (Å²) < 4.78 is 0. The average molecular weight is 426 g/mol. The summed E-state index contributed by atoms with van der Waals surface area (Å²) in [6.45, 7) is 10.0. The Morgan fingerprint density at radius 1 is 1.20 bits per heavy atom. The summed E-state index contributed by atoms with van der Waals surface area (Å²) in [5.41, 5.74) is 1.43. The SMILES string of the molecule is C=CCCNc1cncc(NC(=O)c2ccc(Cl)cc2N2CCC(CC=C)CC2)n1. The normalized spacial score (nSPS) is 14.2. The number of nitrogens with zero attached hydrogens (tertiary/aromatic N) is 3. The molecule has 0 aliphatic carbocycles. The van der Waals surface area contributed by atoms with Crippen LogP contribution >= 0.6 is 11.6 Å². The van der Waals surface area contributed by atoms with Gasteiger partial charge in [-0.3, -0.25) is 9.78 Å². The molecule has 1 amide bonds. The Bertz CT molecular complexity index is 893. The maximum atomic E-state index is 13.0. The van der Waals surface area contributed by atoms with Crippen LogP contribution in [0.15, 0.2) is 55.9 Å². The topological polar surface area (TPSA) is 70.2 Å². The van der Waals surface area contributed by atoms with Gasteiger partial charge in [-0.15, -0.1) is 13.2 Å². The van der Waals surface area contributed by atoms with Crippen molar-refractivity contribution in [2.75, 3.05) is 35.2 Å². The van der Waals surface area contributed by atoms with Crippen molar-refractivity contribution in [2.45, 2.75) is 25.7 Å². The summed E-state index contributed by atoms with van der Waals surface area (Å²) in [6, 6.07) is 5.37. The minimum absolute atomic E-state index is 0.229. The van der Waals surface area contributed by atoms with E-state index in [0.717, 1.165) is 44.5 Å². The van der Waals surface area contributed by atoms with Crippen molar-refractivity contribution >= 4 is 34.8 Å². The smallest absolute Gasteiger partial charge is 0.258 e. The molecular weight excluding hydrogens is 398 g/mol. The van der Waals surface area contributed by atoms with Crippen LogP contribution in [0.3, 0.4) is 0 Å². The van der Waals surface area contributed by atoms with E-state index >= 15 is 0 Å². The van der Waals surface area contributed by atoms with Gasteiger partial charge in [0.2, 0.25) is 0 Å². The molecule has 0 spiro atoms. The first kappa shape index (κ1) is 21.8. The number of aromatic nitrogens is 2. The van der Waals surface area contributed by atoms with Crippen molar-refractivity contribution in [2.24, 2.45) is 5.92 Å². The average Bonchev–Trinajstić information content (AvgIpc) is 2.75. The van der Waals surface area contributed by atoms with Crippen LogP contribution in [-0.4, -0.2) is 35.5 Å². The molecule has 1 aliphatic heterocycles. The van der Waals surface area contributed by atoms with Gasteiger partial charge in [0.25, 0.3) is 5.91 Å². The van der Waals surface area contributed by atoms with Crippen LogP contribution in [0, 0.1) is 5.92 Å². The highest BCUT2D eigenvalue weighted by Crippen LogP contribution is 2.30. The fourth-order valence-electron chi connectivity index (χ4n) is 3.60. The lowest BCUT2D eigenvalue weighted by Gasteiger charge is -2.34. The number of nitrogens with one attached hydrogen (secondary N) is 2. The van der Waals surface area contributed by atoms with E-state index in [9.17, 15) is 4.79 Å². The number of benzene rings is 1. The molecule has 3 rings (SSSR count). The van der Waals surface area contributed by atoms with Gasteiger partial charge in [0, 0.05) is 24.7 Å². The van der Waals surface area contributed by atoms with E-state index in [0.29, 0.717) is 34.7 Å². The molecule has 2 N–H and O–H groups in total. The first-order valence-electron chi connectivity index (χ1n) is 10.2. The molecule has 7 heteroatoms. The van der Waals surface area contributed by atoms with Gasteiger partial charge < -0.3 is 15.5 Å². The second kappa shape index (κ2) is 10.8. The molecule has 1 aromatic heterocycles. The van der Waals surface area contributed by atoms with Crippen LogP contribution in [0.2, 0.25) is 5.02 Å². The molecule has 0 saturated carbocycles. The lowest BCUT2D eigenvalue weighted by atomic mass is 9.93. The Morgan fingerprint density at radius 2 is 1.97 bits per heavy atom. The van der Waals surface area contributed by atoms with E-state index in [1.807, 2.05) is 18.2 Å². The summed E-state index contributed by atoms with van der Waals surface area (Å²) in [5.74, 6) is 1.43. The highest BCUT2D eigenvalue weighted by Gasteiger charge is 2.23. The zero-order valence-corrected chi connectivity index (χ0v) is 17.9. The second-order valence-corrected chi connectivity index (χ2v) is 7.80. The molecule has 0 unspecified atom stereocenters. The molecule has 0 atom stereocenters. The molecule has 1 fully saturated rings. The Kier molecular flexibility index (Phi) is 7.85. The number of rotatable bonds is 9. The van der Waals surface area contributed by atoms with Crippen molar-refractivity contribution < 1.29 is 4.79 Å². The number of allylic oxidation sites excluding steroid dienone is 1. The van der Waals surface area contributed by atoms with Crippen LogP contribution in [0.1, 0.15) is 36.0 Å². The summed E-state index contributed by atoms with van der Waals surface area (Å²) in [4.78, 5) is 23.8. The van der Waals surface area contributed by atoms with Gasteiger partial charge in [0.1, 0.15) is 5.82 Å². The van der Waals surface area contributed by atoms with Crippen LogP contribution in [0.25, 0.3) is 0 Å². The third-order valence-corrected chi connectivity index (χ3v) is 5.43. The molecule has 0 radical (unpaired) electrons. The fraction of sp³-hybridized carbons (Fsp3) is 0.348. The predicted octanol–water partition coefficient (Wildman–Crippen LogP) is 5.16. The van der Waals surface area contributed by atoms with E-state index in [1.54, 1.807) is 18.3 Å². The number of carbonyl (C=O) groups is 1. The Morgan fingerprint density at radius 3 is 2.70 bits per heavy atom. The molecule has 2 heterocycles. The van der Waals surface area contributed by atoms with E-state index in [-0.39, 0.29) is 5.91 Å². The summed E-state index contributed by atoms with van der Waals surface area (Å²) in [6.07, 6.45) is 11.0. The fourth-order valence-corrected chi connectivity index (χ4v) is 3.77. The van der Waals surface area contributed by atoms with Gasteiger partial charge in [0.15, 0.2) is 5.82 Å². The number of halogens is 1. The predicted molar refractivity (Wildman–Crippen MR) is 124 cm³/mol. The van der Waals surface area contributed by atoms with Crippen molar-refractivity contribution in [1.82, 2.24) is 9.97 Å². The Hall–Kier alpha value is -2.86. The number of carbonyl (C=O) groups excluding carboxylic acids is 1. The van der Waals surface area contributed by atoms with Crippen LogP contribution in [0.5, 0.6) is 0 Å². The van der Waals surface area contributed by atoms with Crippen molar-refractivity contribution in [3.05, 3.63) is 66.5 Å². The lowest BCUT2D eigenvalue weighted by Crippen LogP contribution is -2.35. The molecule has 30 heavy (non-hydrogen) atoms. The van der Waals surface area contributed by atoms with Gasteiger partial charge >= 0.3 is 0 Å². The molecule has 0 bridgehead atoms. The molecule has 1 saturated heterocycles. The van der Waals surface area contributed by atoms with E-state index in [1.165, 1.54) is 6.20 Å². The van der Waals surface area contributed by atoms with Crippen molar-refractivity contribution in [3.63, 3.8) is 0 Å². The van der Waals surface area contributed by atoms with Gasteiger partial charge in [-0.1, -0.05) is 23.8 Å². The molecular formula is C23H28ClN5O. The maximum Gasteiger partial charge on any atom is 0.258 e. The first-order valence-corrected chi connectivity index (χ1v) is 10.6. The van der Waals surface area contributed by atoms with E-state index < -0.39 is 0 Å². The van der Waals surface area contributed by atoms with Crippen molar-refractivity contribution in [3.8, 4) is 0 Å². The quantitative estimate of drug-likeness (QED) is 0.428. The molecule has 158 valence electrons. The Labute approximate surface area is 183 Å².